The number of likely N-dealkylation sites (tertiary alicyclic amines) is 1. The quantitative estimate of drug-likeness (QED) is 0.862. The molecule has 0 bridgehead atoms. The minimum atomic E-state index is -0.0498. The molecule has 1 aromatic carbocycles. The Balaban J connectivity index is 1.86. The van der Waals surface area contributed by atoms with Crippen LogP contribution in [0.3, 0.4) is 0 Å². The van der Waals surface area contributed by atoms with Crippen LogP contribution in [0.15, 0.2) is 30.3 Å². The van der Waals surface area contributed by atoms with Gasteiger partial charge in [0.15, 0.2) is 5.82 Å². The van der Waals surface area contributed by atoms with Crippen molar-refractivity contribution in [3.05, 3.63) is 52.7 Å². The highest BCUT2D eigenvalue weighted by Crippen LogP contribution is 2.32. The smallest absolute Gasteiger partial charge is 0.254 e. The molecular formula is C19H21N5O. The molecule has 2 heterocycles. The fourth-order valence-electron chi connectivity index (χ4n) is 3.20. The number of hydrogen-bond acceptors (Lipinski definition) is 5. The van der Waals surface area contributed by atoms with Crippen LogP contribution in [-0.2, 0) is 0 Å². The van der Waals surface area contributed by atoms with E-state index in [4.69, 9.17) is 5.26 Å². The van der Waals surface area contributed by atoms with Crippen LogP contribution in [-0.4, -0.2) is 41.6 Å². The summed E-state index contributed by atoms with van der Waals surface area (Å²) in [6.45, 7) is 2.57. The lowest BCUT2D eigenvalue weighted by Crippen LogP contribution is -2.31. The average molecular weight is 335 g/mol. The molecule has 1 aliphatic rings. The number of benzene rings is 1. The largest absolute Gasteiger partial charge is 0.361 e. The summed E-state index contributed by atoms with van der Waals surface area (Å²) in [4.78, 5) is 16.8. The highest BCUT2D eigenvalue weighted by Gasteiger charge is 2.32. The first kappa shape index (κ1) is 16.9. The van der Waals surface area contributed by atoms with E-state index in [9.17, 15) is 4.79 Å². The number of carbonyl (C=O) groups excluding carboxylic acids is 1. The van der Waals surface area contributed by atoms with Crippen LogP contribution in [0.2, 0.25) is 0 Å². The Bertz CT molecular complexity index is 823. The number of carbonyl (C=O) groups is 1. The lowest BCUT2D eigenvalue weighted by molar-refractivity contribution is 0.0731. The number of anilines is 1. The van der Waals surface area contributed by atoms with E-state index in [-0.39, 0.29) is 11.9 Å². The third kappa shape index (κ3) is 3.31. The molecule has 0 N–H and O–H groups in total. The second kappa shape index (κ2) is 6.89. The zero-order valence-electron chi connectivity index (χ0n) is 14.7. The molecule has 0 radical (unpaired) electrons. The van der Waals surface area contributed by atoms with E-state index >= 15 is 0 Å². The standard InChI is InChI=1S/C19H21N5O/c1-13-11-14(12-20)6-7-15(13)19(25)24-10-4-5-17(24)16-8-9-18(22-21-16)23(2)3/h6-9,11,17H,4-5,10H2,1-3H3. The van der Waals surface area contributed by atoms with Crippen molar-refractivity contribution < 1.29 is 4.79 Å². The number of rotatable bonds is 3. The zero-order valence-corrected chi connectivity index (χ0v) is 14.7. The Morgan fingerprint density at radius 1 is 1.28 bits per heavy atom. The normalized spacial score (nSPS) is 16.6. The van der Waals surface area contributed by atoms with Gasteiger partial charge >= 0.3 is 0 Å². The van der Waals surface area contributed by atoms with Crippen molar-refractivity contribution in [3.63, 3.8) is 0 Å². The van der Waals surface area contributed by atoms with Gasteiger partial charge < -0.3 is 9.80 Å². The Labute approximate surface area is 147 Å². The molecule has 1 unspecified atom stereocenters. The highest BCUT2D eigenvalue weighted by molar-refractivity contribution is 5.96. The molecule has 0 spiro atoms. The maximum Gasteiger partial charge on any atom is 0.254 e. The molecule has 25 heavy (non-hydrogen) atoms. The molecule has 128 valence electrons. The van der Waals surface area contributed by atoms with E-state index in [0.29, 0.717) is 17.7 Å². The van der Waals surface area contributed by atoms with Gasteiger partial charge in [-0.15, -0.1) is 5.10 Å². The number of hydrogen-bond donors (Lipinski definition) is 0. The third-order valence-electron chi connectivity index (χ3n) is 4.57. The van der Waals surface area contributed by atoms with Gasteiger partial charge in [-0.2, -0.15) is 10.4 Å². The zero-order chi connectivity index (χ0) is 18.0. The summed E-state index contributed by atoms with van der Waals surface area (Å²) in [5.74, 6) is 0.783. The molecule has 2 aromatic rings. The minimum absolute atomic E-state index is 0.0111. The van der Waals surface area contributed by atoms with Gasteiger partial charge in [0.1, 0.15) is 0 Å². The second-order valence-electron chi connectivity index (χ2n) is 6.51. The van der Waals surface area contributed by atoms with E-state index in [2.05, 4.69) is 16.3 Å². The van der Waals surface area contributed by atoms with Crippen molar-refractivity contribution in [2.45, 2.75) is 25.8 Å². The van der Waals surface area contributed by atoms with Gasteiger partial charge in [-0.25, -0.2) is 0 Å². The summed E-state index contributed by atoms with van der Waals surface area (Å²) in [5.41, 5.74) is 2.85. The lowest BCUT2D eigenvalue weighted by Gasteiger charge is -2.25. The van der Waals surface area contributed by atoms with Crippen molar-refractivity contribution in [3.8, 4) is 6.07 Å². The van der Waals surface area contributed by atoms with Gasteiger partial charge in [0.05, 0.1) is 23.4 Å². The van der Waals surface area contributed by atoms with Crippen molar-refractivity contribution >= 4 is 11.7 Å². The van der Waals surface area contributed by atoms with Crippen molar-refractivity contribution in [1.29, 1.82) is 5.26 Å². The summed E-state index contributed by atoms with van der Waals surface area (Å²) in [6.07, 6.45) is 1.83. The molecule has 1 saturated heterocycles. The predicted molar refractivity (Wildman–Crippen MR) is 95.3 cm³/mol. The summed E-state index contributed by atoms with van der Waals surface area (Å²) in [5, 5.41) is 17.6. The van der Waals surface area contributed by atoms with Crippen molar-refractivity contribution in [2.75, 3.05) is 25.5 Å². The van der Waals surface area contributed by atoms with E-state index in [1.807, 2.05) is 43.0 Å². The maximum absolute atomic E-state index is 13.0. The predicted octanol–water partition coefficient (Wildman–Crippen LogP) is 2.70. The molecule has 1 fully saturated rings. The van der Waals surface area contributed by atoms with Gasteiger partial charge in [0.2, 0.25) is 0 Å². The Kier molecular flexibility index (Phi) is 4.66. The molecule has 6 nitrogen and oxygen atoms in total. The molecule has 6 heteroatoms. The summed E-state index contributed by atoms with van der Waals surface area (Å²) in [6, 6.07) is 11.1. The summed E-state index contributed by atoms with van der Waals surface area (Å²) < 4.78 is 0. The van der Waals surface area contributed by atoms with E-state index in [1.165, 1.54) is 0 Å². The molecular weight excluding hydrogens is 314 g/mol. The lowest BCUT2D eigenvalue weighted by atomic mass is 10.0. The van der Waals surface area contributed by atoms with Crippen LogP contribution in [0.4, 0.5) is 5.82 Å². The summed E-state index contributed by atoms with van der Waals surface area (Å²) >= 11 is 0. The topological polar surface area (TPSA) is 73.1 Å². The van der Waals surface area contributed by atoms with Gasteiger partial charge in [-0.1, -0.05) is 0 Å². The summed E-state index contributed by atoms with van der Waals surface area (Å²) in [7, 11) is 3.84. The molecule has 1 aromatic heterocycles. The molecule has 3 rings (SSSR count). The molecule has 1 aliphatic heterocycles. The fourth-order valence-corrected chi connectivity index (χ4v) is 3.20. The first-order valence-corrected chi connectivity index (χ1v) is 8.34. The number of nitrogens with zero attached hydrogens (tertiary/aromatic N) is 5. The van der Waals surface area contributed by atoms with Crippen molar-refractivity contribution in [1.82, 2.24) is 15.1 Å². The molecule has 1 amide bonds. The van der Waals surface area contributed by atoms with Crippen LogP contribution < -0.4 is 4.90 Å². The van der Waals surface area contributed by atoms with Gasteiger partial charge in [0.25, 0.3) is 5.91 Å². The highest BCUT2D eigenvalue weighted by atomic mass is 16.2. The van der Waals surface area contributed by atoms with E-state index in [1.54, 1.807) is 18.2 Å². The van der Waals surface area contributed by atoms with Gasteiger partial charge in [-0.05, 0) is 55.7 Å². The maximum atomic E-state index is 13.0. The fraction of sp³-hybridized carbons (Fsp3) is 0.368. The Morgan fingerprint density at radius 3 is 2.68 bits per heavy atom. The van der Waals surface area contributed by atoms with E-state index < -0.39 is 0 Å². The van der Waals surface area contributed by atoms with Gasteiger partial charge in [-0.3, -0.25) is 4.79 Å². The Morgan fingerprint density at radius 2 is 2.08 bits per heavy atom. The Hall–Kier alpha value is -2.94. The monoisotopic (exact) mass is 335 g/mol. The van der Waals surface area contributed by atoms with Crippen LogP contribution in [0.1, 0.15) is 46.1 Å². The minimum Gasteiger partial charge on any atom is -0.361 e. The number of amides is 1. The molecule has 0 aliphatic carbocycles. The third-order valence-corrected chi connectivity index (χ3v) is 4.57. The second-order valence-corrected chi connectivity index (χ2v) is 6.51. The molecule has 1 atom stereocenters. The van der Waals surface area contributed by atoms with Crippen LogP contribution in [0.25, 0.3) is 0 Å². The van der Waals surface area contributed by atoms with E-state index in [0.717, 1.165) is 29.9 Å². The number of aryl methyl sites for hydroxylation is 1. The van der Waals surface area contributed by atoms with Crippen LogP contribution >= 0.6 is 0 Å². The van der Waals surface area contributed by atoms with Crippen LogP contribution in [0.5, 0.6) is 0 Å². The number of nitriles is 1. The number of aromatic nitrogens is 2. The molecule has 0 saturated carbocycles. The van der Waals surface area contributed by atoms with Gasteiger partial charge in [0, 0.05) is 26.2 Å². The first-order chi connectivity index (χ1) is 12.0. The van der Waals surface area contributed by atoms with Crippen LogP contribution in [0, 0.1) is 18.3 Å². The first-order valence-electron chi connectivity index (χ1n) is 8.34. The van der Waals surface area contributed by atoms with Crippen molar-refractivity contribution in [2.24, 2.45) is 0 Å². The average Bonchev–Trinajstić information content (AvgIpc) is 3.10. The SMILES string of the molecule is Cc1cc(C#N)ccc1C(=O)N1CCCC1c1ccc(N(C)C)nn1.